The van der Waals surface area contributed by atoms with Crippen LogP contribution in [-0.2, 0) is 4.79 Å². The molecule has 1 aliphatic rings. The number of rotatable bonds is 5. The minimum Gasteiger partial charge on any atom is -0.491 e. The molecule has 0 heterocycles. The van der Waals surface area contributed by atoms with Crippen LogP contribution < -0.4 is 10.1 Å². The van der Waals surface area contributed by atoms with Gasteiger partial charge in [0.2, 0.25) is 5.91 Å². The van der Waals surface area contributed by atoms with Gasteiger partial charge in [0.25, 0.3) is 0 Å². The van der Waals surface area contributed by atoms with Crippen molar-refractivity contribution in [3.8, 4) is 5.75 Å². The van der Waals surface area contributed by atoms with Crippen molar-refractivity contribution in [1.29, 1.82) is 0 Å². The molecule has 1 amide bonds. The number of ether oxygens (including phenoxy) is 1. The number of hydrogen-bond donors (Lipinski definition) is 2. The first-order valence-corrected chi connectivity index (χ1v) is 5.52. The Morgan fingerprint density at radius 3 is 2.94 bits per heavy atom. The largest absolute Gasteiger partial charge is 0.491 e. The van der Waals surface area contributed by atoms with Crippen LogP contribution in [0.3, 0.4) is 0 Å². The Morgan fingerprint density at radius 1 is 1.53 bits per heavy atom. The molecule has 4 nitrogen and oxygen atoms in total. The molecular weight excluding hydrogens is 225 g/mol. The van der Waals surface area contributed by atoms with Crippen molar-refractivity contribution in [3.05, 3.63) is 24.0 Å². The van der Waals surface area contributed by atoms with E-state index >= 15 is 0 Å². The number of benzene rings is 1. The van der Waals surface area contributed by atoms with Crippen molar-refractivity contribution < 1.29 is 19.0 Å². The molecule has 5 heteroatoms. The van der Waals surface area contributed by atoms with Gasteiger partial charge in [-0.1, -0.05) is 0 Å². The molecule has 17 heavy (non-hydrogen) atoms. The van der Waals surface area contributed by atoms with Crippen LogP contribution >= 0.6 is 0 Å². The maximum Gasteiger partial charge on any atom is 0.250 e. The molecule has 0 atom stereocenters. The monoisotopic (exact) mass is 239 g/mol. The summed E-state index contributed by atoms with van der Waals surface area (Å²) in [6.45, 7) is -0.0785. The third-order valence-corrected chi connectivity index (χ3v) is 2.53. The van der Waals surface area contributed by atoms with E-state index in [9.17, 15) is 9.18 Å². The van der Waals surface area contributed by atoms with Crippen molar-refractivity contribution in [2.45, 2.75) is 12.8 Å². The quantitative estimate of drug-likeness (QED) is 0.819. The predicted molar refractivity (Wildman–Crippen MR) is 60.3 cm³/mol. The molecule has 0 saturated heterocycles. The van der Waals surface area contributed by atoms with Crippen LogP contribution in [0.2, 0.25) is 0 Å². The van der Waals surface area contributed by atoms with E-state index < -0.39 is 18.3 Å². The number of carbonyl (C=O) groups excluding carboxylic acids is 1. The van der Waals surface area contributed by atoms with Gasteiger partial charge in [0.15, 0.2) is 0 Å². The third-order valence-electron chi connectivity index (χ3n) is 2.53. The summed E-state index contributed by atoms with van der Waals surface area (Å²) in [5.41, 5.74) is 0.381. The van der Waals surface area contributed by atoms with Crippen molar-refractivity contribution in [2.75, 3.05) is 18.5 Å². The standard InChI is InChI=1S/C12H14FNO3/c13-9-3-4-10(14-12(16)6-15)11(5-9)17-7-8-1-2-8/h3-5,8,15H,1-2,6-7H2,(H,14,16). The fourth-order valence-electron chi connectivity index (χ4n) is 1.40. The fourth-order valence-corrected chi connectivity index (χ4v) is 1.40. The number of carbonyl (C=O) groups is 1. The van der Waals surface area contributed by atoms with Crippen molar-refractivity contribution in [2.24, 2.45) is 5.92 Å². The zero-order chi connectivity index (χ0) is 12.3. The highest BCUT2D eigenvalue weighted by atomic mass is 19.1. The van der Waals surface area contributed by atoms with E-state index in [4.69, 9.17) is 9.84 Å². The number of anilines is 1. The summed E-state index contributed by atoms with van der Waals surface area (Å²) in [5.74, 6) is -0.121. The highest BCUT2D eigenvalue weighted by Gasteiger charge is 2.22. The fraction of sp³-hybridized carbons (Fsp3) is 0.417. The zero-order valence-electron chi connectivity index (χ0n) is 9.28. The summed E-state index contributed by atoms with van der Waals surface area (Å²) in [4.78, 5) is 11.1. The lowest BCUT2D eigenvalue weighted by Crippen LogP contribution is -2.16. The molecule has 0 aliphatic heterocycles. The lowest BCUT2D eigenvalue weighted by atomic mass is 10.2. The molecular formula is C12H14FNO3. The van der Waals surface area contributed by atoms with E-state index in [-0.39, 0.29) is 0 Å². The van der Waals surface area contributed by atoms with E-state index in [1.807, 2.05) is 0 Å². The van der Waals surface area contributed by atoms with Gasteiger partial charge in [-0.25, -0.2) is 4.39 Å². The number of amides is 1. The SMILES string of the molecule is O=C(CO)Nc1ccc(F)cc1OCC1CC1. The molecule has 0 radical (unpaired) electrons. The molecule has 1 aromatic carbocycles. The second-order valence-corrected chi connectivity index (χ2v) is 4.10. The number of aliphatic hydroxyl groups excluding tert-OH is 1. The highest BCUT2D eigenvalue weighted by Crippen LogP contribution is 2.32. The predicted octanol–water partition coefficient (Wildman–Crippen LogP) is 1.55. The second kappa shape index (κ2) is 5.14. The van der Waals surface area contributed by atoms with E-state index in [0.29, 0.717) is 24.0 Å². The van der Waals surface area contributed by atoms with E-state index in [0.717, 1.165) is 12.8 Å². The van der Waals surface area contributed by atoms with Crippen LogP contribution in [0.25, 0.3) is 0 Å². The zero-order valence-corrected chi connectivity index (χ0v) is 9.28. The number of halogens is 1. The van der Waals surface area contributed by atoms with Crippen LogP contribution in [0.1, 0.15) is 12.8 Å². The van der Waals surface area contributed by atoms with Gasteiger partial charge in [0.1, 0.15) is 18.2 Å². The van der Waals surface area contributed by atoms with Crippen LogP contribution in [0, 0.1) is 11.7 Å². The smallest absolute Gasteiger partial charge is 0.250 e. The van der Waals surface area contributed by atoms with E-state index in [2.05, 4.69) is 5.32 Å². The lowest BCUT2D eigenvalue weighted by Gasteiger charge is -2.11. The molecule has 2 rings (SSSR count). The Bertz CT molecular complexity index is 418. The molecule has 0 bridgehead atoms. The Morgan fingerprint density at radius 2 is 2.29 bits per heavy atom. The molecule has 1 fully saturated rings. The van der Waals surface area contributed by atoms with Gasteiger partial charge < -0.3 is 15.2 Å². The van der Waals surface area contributed by atoms with Gasteiger partial charge in [-0.3, -0.25) is 4.79 Å². The number of aliphatic hydroxyl groups is 1. The molecule has 1 saturated carbocycles. The summed E-state index contributed by atoms with van der Waals surface area (Å²) < 4.78 is 18.5. The van der Waals surface area contributed by atoms with Crippen molar-refractivity contribution in [3.63, 3.8) is 0 Å². The first-order valence-electron chi connectivity index (χ1n) is 5.52. The van der Waals surface area contributed by atoms with Crippen LogP contribution in [0.5, 0.6) is 5.75 Å². The molecule has 92 valence electrons. The van der Waals surface area contributed by atoms with Crippen LogP contribution in [0.15, 0.2) is 18.2 Å². The molecule has 0 aromatic heterocycles. The molecule has 0 unspecified atom stereocenters. The van der Waals surface area contributed by atoms with Gasteiger partial charge in [0, 0.05) is 6.07 Å². The summed E-state index contributed by atoms with van der Waals surface area (Å²) >= 11 is 0. The van der Waals surface area contributed by atoms with Crippen molar-refractivity contribution in [1.82, 2.24) is 0 Å². The van der Waals surface area contributed by atoms with Crippen molar-refractivity contribution >= 4 is 11.6 Å². The first kappa shape index (κ1) is 11.9. The average Bonchev–Trinajstić information content (AvgIpc) is 3.13. The molecule has 2 N–H and O–H groups in total. The lowest BCUT2D eigenvalue weighted by molar-refractivity contribution is -0.118. The second-order valence-electron chi connectivity index (χ2n) is 4.10. The minimum atomic E-state index is -0.612. The van der Waals surface area contributed by atoms with Crippen LogP contribution in [-0.4, -0.2) is 24.2 Å². The minimum absolute atomic E-state index is 0.304. The average molecular weight is 239 g/mol. The summed E-state index contributed by atoms with van der Waals surface area (Å²) in [7, 11) is 0. The normalized spacial score (nSPS) is 14.5. The van der Waals surface area contributed by atoms with Gasteiger partial charge >= 0.3 is 0 Å². The van der Waals surface area contributed by atoms with Crippen LogP contribution in [0.4, 0.5) is 10.1 Å². The molecule has 0 spiro atoms. The van der Waals surface area contributed by atoms with Gasteiger partial charge in [-0.15, -0.1) is 0 Å². The van der Waals surface area contributed by atoms with Gasteiger partial charge in [0.05, 0.1) is 12.3 Å². The van der Waals surface area contributed by atoms with Gasteiger partial charge in [-0.2, -0.15) is 0 Å². The first-order chi connectivity index (χ1) is 8.19. The maximum atomic E-state index is 13.1. The van der Waals surface area contributed by atoms with Gasteiger partial charge in [-0.05, 0) is 30.9 Å². The summed E-state index contributed by atoms with van der Waals surface area (Å²) in [5, 5.41) is 11.1. The third kappa shape index (κ3) is 3.42. The molecule has 1 aliphatic carbocycles. The van der Waals surface area contributed by atoms with E-state index in [1.165, 1.54) is 18.2 Å². The molecule has 1 aromatic rings. The Labute approximate surface area is 98.4 Å². The Kier molecular flexibility index (Phi) is 3.58. The number of hydrogen-bond acceptors (Lipinski definition) is 3. The van der Waals surface area contributed by atoms with E-state index in [1.54, 1.807) is 0 Å². The Hall–Kier alpha value is -1.62. The Balaban J connectivity index is 2.08. The summed E-state index contributed by atoms with van der Waals surface area (Å²) in [6.07, 6.45) is 2.27. The number of nitrogens with one attached hydrogen (secondary N) is 1. The topological polar surface area (TPSA) is 58.6 Å². The maximum absolute atomic E-state index is 13.1. The highest BCUT2D eigenvalue weighted by molar-refractivity contribution is 5.92. The summed E-state index contributed by atoms with van der Waals surface area (Å²) in [6, 6.07) is 3.89.